The van der Waals surface area contributed by atoms with Gasteiger partial charge in [-0.15, -0.1) is 0 Å². The van der Waals surface area contributed by atoms with Crippen LogP contribution in [0.15, 0.2) is 53.1 Å². The summed E-state index contributed by atoms with van der Waals surface area (Å²) >= 11 is 0. The minimum atomic E-state index is 0.267. The number of benzene rings is 1. The molecule has 3 aromatic rings. The van der Waals surface area contributed by atoms with Crippen LogP contribution in [0.25, 0.3) is 0 Å². The molecule has 0 spiro atoms. The van der Waals surface area contributed by atoms with Crippen LogP contribution in [0.5, 0.6) is 6.01 Å². The SMILES string of the molecule is CCOc1nc(NCc2ccco2)nc(Nc2ccccc2)n1. The third-order valence-electron chi connectivity index (χ3n) is 2.92. The van der Waals surface area contributed by atoms with Crippen molar-refractivity contribution in [2.24, 2.45) is 0 Å². The Labute approximate surface area is 133 Å². The number of nitrogens with zero attached hydrogens (tertiary/aromatic N) is 3. The molecule has 2 N–H and O–H groups in total. The van der Waals surface area contributed by atoms with Crippen LogP contribution in [0.3, 0.4) is 0 Å². The van der Waals surface area contributed by atoms with Gasteiger partial charge >= 0.3 is 6.01 Å². The molecule has 0 aliphatic rings. The van der Waals surface area contributed by atoms with E-state index < -0.39 is 0 Å². The third-order valence-corrected chi connectivity index (χ3v) is 2.92. The van der Waals surface area contributed by atoms with Gasteiger partial charge in [0.1, 0.15) is 5.76 Å². The molecule has 0 saturated carbocycles. The molecule has 0 saturated heterocycles. The lowest BCUT2D eigenvalue weighted by Gasteiger charge is -2.09. The number of ether oxygens (including phenoxy) is 1. The van der Waals surface area contributed by atoms with Crippen molar-refractivity contribution in [3.05, 3.63) is 54.5 Å². The van der Waals surface area contributed by atoms with Gasteiger partial charge in [-0.2, -0.15) is 15.0 Å². The number of nitrogens with one attached hydrogen (secondary N) is 2. The lowest BCUT2D eigenvalue weighted by Crippen LogP contribution is -2.09. The van der Waals surface area contributed by atoms with Crippen molar-refractivity contribution in [3.63, 3.8) is 0 Å². The molecular formula is C16H17N5O2. The first-order valence-electron chi connectivity index (χ1n) is 7.30. The number of hydrogen-bond donors (Lipinski definition) is 2. The molecule has 0 fully saturated rings. The molecule has 0 atom stereocenters. The number of rotatable bonds is 7. The van der Waals surface area contributed by atoms with Gasteiger partial charge in [0.25, 0.3) is 0 Å². The highest BCUT2D eigenvalue weighted by atomic mass is 16.5. The largest absolute Gasteiger partial charge is 0.467 e. The first-order valence-corrected chi connectivity index (χ1v) is 7.30. The number of hydrogen-bond acceptors (Lipinski definition) is 7. The van der Waals surface area contributed by atoms with E-state index >= 15 is 0 Å². The average molecular weight is 311 g/mol. The van der Waals surface area contributed by atoms with Crippen molar-refractivity contribution < 1.29 is 9.15 Å². The zero-order chi connectivity index (χ0) is 15.9. The smallest absolute Gasteiger partial charge is 0.323 e. The Kier molecular flexibility index (Phi) is 4.68. The van der Waals surface area contributed by atoms with Crippen molar-refractivity contribution >= 4 is 17.6 Å². The van der Waals surface area contributed by atoms with Gasteiger partial charge in [0, 0.05) is 5.69 Å². The summed E-state index contributed by atoms with van der Waals surface area (Å²) in [4.78, 5) is 12.8. The number of para-hydroxylation sites is 1. The highest BCUT2D eigenvalue weighted by Gasteiger charge is 2.08. The predicted molar refractivity (Wildman–Crippen MR) is 86.8 cm³/mol. The topological polar surface area (TPSA) is 85.1 Å². The van der Waals surface area contributed by atoms with E-state index in [4.69, 9.17) is 9.15 Å². The summed E-state index contributed by atoms with van der Waals surface area (Å²) < 4.78 is 10.7. The number of aromatic nitrogens is 3. The summed E-state index contributed by atoms with van der Waals surface area (Å²) in [6.45, 7) is 2.84. The minimum Gasteiger partial charge on any atom is -0.467 e. The van der Waals surface area contributed by atoms with E-state index in [-0.39, 0.29) is 6.01 Å². The monoisotopic (exact) mass is 311 g/mol. The Hall–Kier alpha value is -3.09. The molecule has 7 heteroatoms. The fourth-order valence-corrected chi connectivity index (χ4v) is 1.92. The molecule has 1 aromatic carbocycles. The maximum atomic E-state index is 5.40. The minimum absolute atomic E-state index is 0.267. The van der Waals surface area contributed by atoms with Crippen molar-refractivity contribution in [3.8, 4) is 6.01 Å². The molecule has 3 rings (SSSR count). The van der Waals surface area contributed by atoms with Crippen LogP contribution in [0.2, 0.25) is 0 Å². The van der Waals surface area contributed by atoms with Gasteiger partial charge in [-0.05, 0) is 31.2 Å². The second-order valence-electron chi connectivity index (χ2n) is 4.62. The molecule has 23 heavy (non-hydrogen) atoms. The predicted octanol–water partition coefficient (Wildman–Crippen LogP) is 3.22. The van der Waals surface area contributed by atoms with Gasteiger partial charge in [-0.25, -0.2) is 0 Å². The van der Waals surface area contributed by atoms with Gasteiger partial charge in [0.2, 0.25) is 11.9 Å². The quantitative estimate of drug-likeness (QED) is 0.693. The summed E-state index contributed by atoms with van der Waals surface area (Å²) in [5, 5.41) is 6.23. The van der Waals surface area contributed by atoms with Crippen molar-refractivity contribution in [2.45, 2.75) is 13.5 Å². The van der Waals surface area contributed by atoms with Crippen molar-refractivity contribution in [2.75, 3.05) is 17.2 Å². The van der Waals surface area contributed by atoms with E-state index in [9.17, 15) is 0 Å². The summed E-state index contributed by atoms with van der Waals surface area (Å²) in [5.41, 5.74) is 0.887. The van der Waals surface area contributed by atoms with E-state index in [0.29, 0.717) is 25.0 Å². The van der Waals surface area contributed by atoms with E-state index in [1.54, 1.807) is 6.26 Å². The van der Waals surface area contributed by atoms with E-state index in [2.05, 4.69) is 25.6 Å². The van der Waals surface area contributed by atoms with Gasteiger partial charge in [0.05, 0.1) is 19.4 Å². The lowest BCUT2D eigenvalue weighted by atomic mass is 10.3. The molecule has 2 heterocycles. The second kappa shape index (κ2) is 7.26. The molecule has 118 valence electrons. The summed E-state index contributed by atoms with van der Waals surface area (Å²) in [6, 6.07) is 13.6. The van der Waals surface area contributed by atoms with Crippen molar-refractivity contribution in [1.82, 2.24) is 15.0 Å². The Morgan fingerprint density at radius 3 is 2.57 bits per heavy atom. The molecule has 7 nitrogen and oxygen atoms in total. The van der Waals surface area contributed by atoms with Gasteiger partial charge in [-0.1, -0.05) is 18.2 Å². The Morgan fingerprint density at radius 2 is 1.83 bits per heavy atom. The lowest BCUT2D eigenvalue weighted by molar-refractivity contribution is 0.312. The summed E-state index contributed by atoms with van der Waals surface area (Å²) in [6.07, 6.45) is 1.62. The van der Waals surface area contributed by atoms with Crippen LogP contribution in [0.1, 0.15) is 12.7 Å². The molecule has 0 bridgehead atoms. The fraction of sp³-hybridized carbons (Fsp3) is 0.188. The maximum Gasteiger partial charge on any atom is 0.323 e. The number of furan rings is 1. The van der Waals surface area contributed by atoms with Gasteiger partial charge in [-0.3, -0.25) is 0 Å². The summed E-state index contributed by atoms with van der Waals surface area (Å²) in [7, 11) is 0. The molecule has 0 unspecified atom stereocenters. The highest BCUT2D eigenvalue weighted by molar-refractivity contribution is 5.53. The Balaban J connectivity index is 1.77. The van der Waals surface area contributed by atoms with Crippen LogP contribution in [-0.2, 0) is 6.54 Å². The zero-order valence-corrected chi connectivity index (χ0v) is 12.7. The van der Waals surface area contributed by atoms with E-state index in [1.165, 1.54) is 0 Å². The van der Waals surface area contributed by atoms with Gasteiger partial charge in [0.15, 0.2) is 0 Å². The van der Waals surface area contributed by atoms with Crippen LogP contribution in [0.4, 0.5) is 17.6 Å². The average Bonchev–Trinajstić information content (AvgIpc) is 3.08. The number of anilines is 3. The molecule has 0 amide bonds. The molecule has 2 aromatic heterocycles. The van der Waals surface area contributed by atoms with E-state index in [1.807, 2.05) is 49.4 Å². The first kappa shape index (κ1) is 14.8. The normalized spacial score (nSPS) is 10.3. The third kappa shape index (κ3) is 4.19. The van der Waals surface area contributed by atoms with Crippen LogP contribution in [0, 0.1) is 0 Å². The van der Waals surface area contributed by atoms with Crippen molar-refractivity contribution in [1.29, 1.82) is 0 Å². The van der Waals surface area contributed by atoms with Gasteiger partial charge < -0.3 is 19.8 Å². The first-order chi connectivity index (χ1) is 11.3. The maximum absolute atomic E-state index is 5.40. The highest BCUT2D eigenvalue weighted by Crippen LogP contribution is 2.17. The molecule has 0 aliphatic heterocycles. The summed E-state index contributed by atoms with van der Waals surface area (Å²) in [5.74, 6) is 1.62. The Morgan fingerprint density at radius 1 is 1.00 bits per heavy atom. The molecule has 0 radical (unpaired) electrons. The zero-order valence-electron chi connectivity index (χ0n) is 12.7. The standard InChI is InChI=1S/C16H17N5O2/c1-2-22-16-20-14(17-11-13-9-6-10-23-13)19-15(21-16)18-12-7-4-3-5-8-12/h3-10H,2,11H2,1H3,(H2,17,18,19,20,21). The Bertz CT molecular complexity index is 731. The second-order valence-corrected chi connectivity index (χ2v) is 4.62. The van der Waals surface area contributed by atoms with Crippen LogP contribution in [-0.4, -0.2) is 21.6 Å². The van der Waals surface area contributed by atoms with Crippen LogP contribution >= 0.6 is 0 Å². The molecule has 0 aliphatic carbocycles. The molecular weight excluding hydrogens is 294 g/mol. The van der Waals surface area contributed by atoms with Crippen LogP contribution < -0.4 is 15.4 Å². The van der Waals surface area contributed by atoms with E-state index in [0.717, 1.165) is 11.4 Å². The fourth-order valence-electron chi connectivity index (χ4n) is 1.92.